The molecule has 17 heavy (non-hydrogen) atoms. The number of aryl methyl sites for hydroxylation is 1. The lowest BCUT2D eigenvalue weighted by atomic mass is 10.0. The molecule has 90 valence electrons. The molecule has 2 rings (SSSR count). The smallest absolute Gasteiger partial charge is 0.0756 e. The van der Waals surface area contributed by atoms with E-state index in [0.717, 1.165) is 16.6 Å². The molecule has 1 atom stereocenters. The third kappa shape index (κ3) is 2.92. The summed E-state index contributed by atoms with van der Waals surface area (Å²) in [6.07, 6.45) is 2.72. The summed E-state index contributed by atoms with van der Waals surface area (Å²) < 4.78 is 2.91. The van der Waals surface area contributed by atoms with Gasteiger partial charge in [-0.1, -0.05) is 33.3 Å². The number of rotatable bonds is 4. The van der Waals surface area contributed by atoms with Gasteiger partial charge in [0.05, 0.1) is 17.9 Å². The van der Waals surface area contributed by atoms with Crippen LogP contribution < -0.4 is 5.32 Å². The zero-order valence-electron chi connectivity index (χ0n) is 9.89. The molecule has 1 unspecified atom stereocenters. The molecule has 1 heterocycles. The molecule has 0 aliphatic heterocycles. The monoisotopic (exact) mass is 294 g/mol. The van der Waals surface area contributed by atoms with Crippen LogP contribution in [0.4, 0.5) is 0 Å². The molecule has 0 aliphatic carbocycles. The standard InChI is InChI=1S/C12H15BrN4/c1-14-11(12-8-15-16-17(12)2)7-9-4-3-5-10(13)6-9/h3-6,8,11,14H,7H2,1-2H3. The molecule has 0 fully saturated rings. The Morgan fingerprint density at radius 1 is 1.47 bits per heavy atom. The average molecular weight is 295 g/mol. The minimum atomic E-state index is 0.226. The normalized spacial score (nSPS) is 12.6. The van der Waals surface area contributed by atoms with E-state index in [2.05, 4.69) is 43.7 Å². The van der Waals surface area contributed by atoms with Crippen molar-refractivity contribution in [3.05, 3.63) is 46.2 Å². The van der Waals surface area contributed by atoms with Crippen LogP contribution in [0.2, 0.25) is 0 Å². The van der Waals surface area contributed by atoms with Crippen molar-refractivity contribution in [3.8, 4) is 0 Å². The molecule has 5 heteroatoms. The molecule has 0 saturated carbocycles. The largest absolute Gasteiger partial charge is 0.311 e. The van der Waals surface area contributed by atoms with Gasteiger partial charge >= 0.3 is 0 Å². The number of nitrogens with one attached hydrogen (secondary N) is 1. The number of hydrogen-bond acceptors (Lipinski definition) is 3. The first-order valence-electron chi connectivity index (χ1n) is 5.47. The highest BCUT2D eigenvalue weighted by Gasteiger charge is 2.14. The van der Waals surface area contributed by atoms with Crippen molar-refractivity contribution in [2.75, 3.05) is 7.05 Å². The number of likely N-dealkylation sites (N-methyl/N-ethyl adjacent to an activating group) is 1. The highest BCUT2D eigenvalue weighted by Crippen LogP contribution is 2.19. The Balaban J connectivity index is 2.19. The van der Waals surface area contributed by atoms with E-state index in [0.29, 0.717) is 0 Å². The van der Waals surface area contributed by atoms with Gasteiger partial charge < -0.3 is 5.32 Å². The van der Waals surface area contributed by atoms with Gasteiger partial charge in [-0.15, -0.1) is 5.10 Å². The first-order valence-corrected chi connectivity index (χ1v) is 6.26. The quantitative estimate of drug-likeness (QED) is 0.939. The molecule has 0 bridgehead atoms. The summed E-state index contributed by atoms with van der Waals surface area (Å²) in [5.74, 6) is 0. The van der Waals surface area contributed by atoms with E-state index in [4.69, 9.17) is 0 Å². The summed E-state index contributed by atoms with van der Waals surface area (Å²) in [6, 6.07) is 8.56. The predicted molar refractivity (Wildman–Crippen MR) is 70.6 cm³/mol. The average Bonchev–Trinajstić information content (AvgIpc) is 2.72. The number of halogens is 1. The maximum absolute atomic E-state index is 3.96. The van der Waals surface area contributed by atoms with Gasteiger partial charge in [0.15, 0.2) is 0 Å². The Morgan fingerprint density at radius 3 is 2.88 bits per heavy atom. The molecule has 0 aliphatic rings. The fourth-order valence-corrected chi connectivity index (χ4v) is 2.31. The van der Waals surface area contributed by atoms with E-state index in [1.165, 1.54) is 5.56 Å². The molecule has 0 amide bonds. The predicted octanol–water partition coefficient (Wildman–Crippen LogP) is 2.08. The van der Waals surface area contributed by atoms with Crippen LogP contribution in [0.5, 0.6) is 0 Å². The van der Waals surface area contributed by atoms with Crippen molar-refractivity contribution in [3.63, 3.8) is 0 Å². The first-order chi connectivity index (χ1) is 8.20. The third-order valence-corrected chi connectivity index (χ3v) is 3.28. The summed E-state index contributed by atoms with van der Waals surface area (Å²) in [5, 5.41) is 11.2. The molecule has 0 spiro atoms. The van der Waals surface area contributed by atoms with Crippen molar-refractivity contribution < 1.29 is 0 Å². The minimum Gasteiger partial charge on any atom is -0.311 e. The Labute approximate surface area is 109 Å². The Morgan fingerprint density at radius 2 is 2.29 bits per heavy atom. The summed E-state index contributed by atoms with van der Waals surface area (Å²) in [5.41, 5.74) is 2.37. The molecular formula is C12H15BrN4. The summed E-state index contributed by atoms with van der Waals surface area (Å²) in [6.45, 7) is 0. The van der Waals surface area contributed by atoms with Gasteiger partial charge in [-0.05, 0) is 31.2 Å². The SMILES string of the molecule is CNC(Cc1cccc(Br)c1)c1cnnn1C. The molecule has 1 aromatic carbocycles. The highest BCUT2D eigenvalue weighted by atomic mass is 79.9. The van der Waals surface area contributed by atoms with Gasteiger partial charge in [0.2, 0.25) is 0 Å². The van der Waals surface area contributed by atoms with Crippen LogP contribution in [0.1, 0.15) is 17.3 Å². The second-order valence-corrected chi connectivity index (χ2v) is 4.87. The van der Waals surface area contributed by atoms with Gasteiger partial charge in [-0.25, -0.2) is 0 Å². The van der Waals surface area contributed by atoms with Crippen LogP contribution in [0.3, 0.4) is 0 Å². The zero-order chi connectivity index (χ0) is 12.3. The van der Waals surface area contributed by atoms with Crippen molar-refractivity contribution >= 4 is 15.9 Å². The van der Waals surface area contributed by atoms with E-state index in [1.807, 2.05) is 26.2 Å². The fourth-order valence-electron chi connectivity index (χ4n) is 1.87. The number of hydrogen-bond donors (Lipinski definition) is 1. The van der Waals surface area contributed by atoms with Gasteiger partial charge in [0.25, 0.3) is 0 Å². The molecule has 4 nitrogen and oxygen atoms in total. The molecule has 0 saturated heterocycles. The van der Waals surface area contributed by atoms with E-state index < -0.39 is 0 Å². The number of aromatic nitrogens is 3. The van der Waals surface area contributed by atoms with Crippen molar-refractivity contribution in [2.24, 2.45) is 7.05 Å². The highest BCUT2D eigenvalue weighted by molar-refractivity contribution is 9.10. The van der Waals surface area contributed by atoms with Crippen molar-refractivity contribution in [2.45, 2.75) is 12.5 Å². The van der Waals surface area contributed by atoms with E-state index >= 15 is 0 Å². The van der Waals surface area contributed by atoms with Crippen LogP contribution in [-0.4, -0.2) is 22.0 Å². The van der Waals surface area contributed by atoms with E-state index in [9.17, 15) is 0 Å². The lowest BCUT2D eigenvalue weighted by Gasteiger charge is -2.15. The molecule has 1 aromatic heterocycles. The van der Waals surface area contributed by atoms with Crippen molar-refractivity contribution in [1.29, 1.82) is 0 Å². The second kappa shape index (κ2) is 5.42. The summed E-state index contributed by atoms with van der Waals surface area (Å²) in [7, 11) is 3.86. The molecule has 0 radical (unpaired) electrons. The van der Waals surface area contributed by atoms with Crippen LogP contribution >= 0.6 is 15.9 Å². The van der Waals surface area contributed by atoms with Crippen LogP contribution in [0, 0.1) is 0 Å². The summed E-state index contributed by atoms with van der Waals surface area (Å²) >= 11 is 3.49. The first kappa shape index (κ1) is 12.3. The Bertz CT molecular complexity index is 495. The third-order valence-electron chi connectivity index (χ3n) is 2.78. The maximum Gasteiger partial charge on any atom is 0.0756 e. The number of nitrogens with zero attached hydrogens (tertiary/aromatic N) is 3. The van der Waals surface area contributed by atoms with Crippen LogP contribution in [-0.2, 0) is 13.5 Å². The maximum atomic E-state index is 3.96. The van der Waals surface area contributed by atoms with E-state index in [-0.39, 0.29) is 6.04 Å². The van der Waals surface area contributed by atoms with Gasteiger partial charge in [-0.3, -0.25) is 4.68 Å². The zero-order valence-corrected chi connectivity index (χ0v) is 11.5. The van der Waals surface area contributed by atoms with Gasteiger partial charge in [0.1, 0.15) is 0 Å². The van der Waals surface area contributed by atoms with Crippen LogP contribution in [0.15, 0.2) is 34.9 Å². The topological polar surface area (TPSA) is 42.7 Å². The molecule has 2 aromatic rings. The Hall–Kier alpha value is -1.20. The van der Waals surface area contributed by atoms with E-state index in [1.54, 1.807) is 10.9 Å². The Kier molecular flexibility index (Phi) is 3.91. The lowest BCUT2D eigenvalue weighted by molar-refractivity contribution is 0.534. The lowest BCUT2D eigenvalue weighted by Crippen LogP contribution is -2.21. The number of benzene rings is 1. The van der Waals surface area contributed by atoms with Crippen LogP contribution in [0.25, 0.3) is 0 Å². The fraction of sp³-hybridized carbons (Fsp3) is 0.333. The molecular weight excluding hydrogens is 280 g/mol. The van der Waals surface area contributed by atoms with Gasteiger partial charge in [0, 0.05) is 11.5 Å². The molecule has 1 N–H and O–H groups in total. The van der Waals surface area contributed by atoms with Gasteiger partial charge in [-0.2, -0.15) is 0 Å². The van der Waals surface area contributed by atoms with Crippen molar-refractivity contribution in [1.82, 2.24) is 20.3 Å². The minimum absolute atomic E-state index is 0.226. The summed E-state index contributed by atoms with van der Waals surface area (Å²) in [4.78, 5) is 0. The second-order valence-electron chi connectivity index (χ2n) is 3.96.